The SMILES string of the molecule is Nc1ccc(SCCS(=O)(=O)NCc2cn[nH]c2)cc1. The van der Waals surface area contributed by atoms with Crippen LogP contribution in [-0.4, -0.2) is 30.1 Å². The number of thioether (sulfide) groups is 1. The van der Waals surface area contributed by atoms with Crippen molar-refractivity contribution in [3.8, 4) is 0 Å². The quantitative estimate of drug-likeness (QED) is 0.527. The van der Waals surface area contributed by atoms with Crippen LogP contribution in [0.3, 0.4) is 0 Å². The molecule has 0 atom stereocenters. The van der Waals surface area contributed by atoms with E-state index in [0.717, 1.165) is 10.5 Å². The Labute approximate surface area is 122 Å². The number of rotatable bonds is 7. The van der Waals surface area contributed by atoms with E-state index in [-0.39, 0.29) is 12.3 Å². The highest BCUT2D eigenvalue weighted by atomic mass is 32.2. The minimum absolute atomic E-state index is 0.0693. The summed E-state index contributed by atoms with van der Waals surface area (Å²) in [5, 5.41) is 6.39. The predicted molar refractivity (Wildman–Crippen MR) is 80.8 cm³/mol. The normalized spacial score (nSPS) is 11.6. The van der Waals surface area contributed by atoms with Gasteiger partial charge in [-0.3, -0.25) is 5.10 Å². The van der Waals surface area contributed by atoms with Gasteiger partial charge < -0.3 is 5.73 Å². The Morgan fingerprint density at radius 3 is 2.70 bits per heavy atom. The molecule has 0 amide bonds. The third kappa shape index (κ3) is 4.87. The molecule has 8 heteroatoms. The summed E-state index contributed by atoms with van der Waals surface area (Å²) in [4.78, 5) is 1.00. The molecule has 0 aliphatic carbocycles. The summed E-state index contributed by atoms with van der Waals surface area (Å²) in [5.41, 5.74) is 7.09. The molecule has 6 nitrogen and oxygen atoms in total. The summed E-state index contributed by atoms with van der Waals surface area (Å²) in [6.45, 7) is 0.255. The Morgan fingerprint density at radius 2 is 2.05 bits per heavy atom. The molecule has 0 fully saturated rings. The van der Waals surface area contributed by atoms with Gasteiger partial charge in [0.05, 0.1) is 11.9 Å². The number of anilines is 1. The van der Waals surface area contributed by atoms with Crippen molar-refractivity contribution in [1.82, 2.24) is 14.9 Å². The van der Waals surface area contributed by atoms with Crippen LogP contribution in [0.5, 0.6) is 0 Å². The summed E-state index contributed by atoms with van der Waals surface area (Å²) in [5.74, 6) is 0.560. The van der Waals surface area contributed by atoms with Crippen LogP contribution in [0.1, 0.15) is 5.56 Å². The number of nitrogens with zero attached hydrogens (tertiary/aromatic N) is 1. The van der Waals surface area contributed by atoms with E-state index in [1.807, 2.05) is 12.1 Å². The Balaban J connectivity index is 1.76. The molecule has 0 spiro atoms. The van der Waals surface area contributed by atoms with E-state index in [1.165, 1.54) is 11.8 Å². The van der Waals surface area contributed by atoms with Crippen LogP contribution in [0.4, 0.5) is 5.69 Å². The summed E-state index contributed by atoms with van der Waals surface area (Å²) in [6.07, 6.45) is 3.25. The molecule has 0 radical (unpaired) electrons. The van der Waals surface area contributed by atoms with E-state index >= 15 is 0 Å². The molecule has 20 heavy (non-hydrogen) atoms. The molecule has 0 bridgehead atoms. The minimum Gasteiger partial charge on any atom is -0.399 e. The highest BCUT2D eigenvalue weighted by Crippen LogP contribution is 2.19. The number of benzene rings is 1. The second-order valence-electron chi connectivity index (χ2n) is 4.16. The number of sulfonamides is 1. The lowest BCUT2D eigenvalue weighted by Gasteiger charge is -2.05. The van der Waals surface area contributed by atoms with Gasteiger partial charge in [-0.1, -0.05) is 0 Å². The first-order chi connectivity index (χ1) is 9.55. The van der Waals surface area contributed by atoms with Crippen LogP contribution in [-0.2, 0) is 16.6 Å². The third-order valence-electron chi connectivity index (χ3n) is 2.55. The Hall–Kier alpha value is -1.51. The van der Waals surface area contributed by atoms with Crippen molar-refractivity contribution in [2.75, 3.05) is 17.2 Å². The minimum atomic E-state index is -3.27. The molecule has 1 heterocycles. The van der Waals surface area contributed by atoms with Crippen molar-refractivity contribution in [3.63, 3.8) is 0 Å². The fourth-order valence-corrected chi connectivity index (χ4v) is 3.78. The van der Waals surface area contributed by atoms with Crippen LogP contribution < -0.4 is 10.5 Å². The molecule has 0 unspecified atom stereocenters. The molecule has 1 aromatic heterocycles. The van der Waals surface area contributed by atoms with Gasteiger partial charge in [0, 0.05) is 34.6 Å². The maximum absolute atomic E-state index is 11.8. The van der Waals surface area contributed by atoms with Gasteiger partial charge >= 0.3 is 0 Å². The van der Waals surface area contributed by atoms with Crippen molar-refractivity contribution >= 4 is 27.5 Å². The van der Waals surface area contributed by atoms with Gasteiger partial charge in [-0.2, -0.15) is 5.10 Å². The van der Waals surface area contributed by atoms with Crippen molar-refractivity contribution in [2.24, 2.45) is 0 Å². The van der Waals surface area contributed by atoms with Crippen LogP contribution in [0, 0.1) is 0 Å². The second kappa shape index (κ2) is 6.78. The summed E-state index contributed by atoms with van der Waals surface area (Å²) in [6, 6.07) is 7.36. The number of H-pyrrole nitrogens is 1. The predicted octanol–water partition coefficient (Wildman–Crippen LogP) is 1.20. The number of nitrogen functional groups attached to an aromatic ring is 1. The van der Waals surface area contributed by atoms with Gasteiger partial charge in [0.1, 0.15) is 0 Å². The van der Waals surface area contributed by atoms with E-state index in [9.17, 15) is 8.42 Å². The van der Waals surface area contributed by atoms with E-state index in [2.05, 4.69) is 14.9 Å². The van der Waals surface area contributed by atoms with Gasteiger partial charge in [-0.05, 0) is 24.3 Å². The topological polar surface area (TPSA) is 101 Å². The standard InChI is InChI=1S/C12H16N4O2S2/c13-11-1-3-12(4-2-11)19-5-6-20(17,18)16-9-10-7-14-15-8-10/h1-4,7-8,16H,5-6,9,13H2,(H,14,15). The highest BCUT2D eigenvalue weighted by Gasteiger charge is 2.10. The number of nitrogens with one attached hydrogen (secondary N) is 2. The first-order valence-electron chi connectivity index (χ1n) is 5.98. The molecule has 4 N–H and O–H groups in total. The molecule has 0 saturated carbocycles. The Bertz CT molecular complexity index is 624. The highest BCUT2D eigenvalue weighted by molar-refractivity contribution is 8.00. The van der Waals surface area contributed by atoms with Gasteiger partial charge in [-0.15, -0.1) is 11.8 Å². The zero-order chi connectivity index (χ0) is 14.4. The van der Waals surface area contributed by atoms with Crippen molar-refractivity contribution in [3.05, 3.63) is 42.2 Å². The first kappa shape index (κ1) is 14.9. The van der Waals surface area contributed by atoms with Crippen molar-refractivity contribution < 1.29 is 8.42 Å². The Morgan fingerprint density at radius 1 is 1.30 bits per heavy atom. The monoisotopic (exact) mass is 312 g/mol. The van der Waals surface area contributed by atoms with E-state index in [1.54, 1.807) is 24.5 Å². The fraction of sp³-hybridized carbons (Fsp3) is 0.250. The molecule has 1 aromatic carbocycles. The lowest BCUT2D eigenvalue weighted by atomic mass is 10.3. The van der Waals surface area contributed by atoms with Gasteiger partial charge in [0.25, 0.3) is 0 Å². The molecule has 2 aromatic rings. The average molecular weight is 312 g/mol. The number of hydrogen-bond donors (Lipinski definition) is 3. The average Bonchev–Trinajstić information content (AvgIpc) is 2.92. The third-order valence-corrected chi connectivity index (χ3v) is 5.15. The number of aromatic nitrogens is 2. The van der Waals surface area contributed by atoms with Crippen LogP contribution in [0.2, 0.25) is 0 Å². The fourth-order valence-electron chi connectivity index (χ4n) is 1.47. The second-order valence-corrected chi connectivity index (χ2v) is 7.26. The lowest BCUT2D eigenvalue weighted by Crippen LogP contribution is -2.26. The number of aromatic amines is 1. The molecule has 2 rings (SSSR count). The number of hydrogen-bond acceptors (Lipinski definition) is 5. The van der Waals surface area contributed by atoms with Crippen molar-refractivity contribution in [2.45, 2.75) is 11.4 Å². The van der Waals surface area contributed by atoms with Gasteiger partial charge in [0.2, 0.25) is 10.0 Å². The van der Waals surface area contributed by atoms with Crippen LogP contribution in [0.25, 0.3) is 0 Å². The molecular weight excluding hydrogens is 296 g/mol. The molecule has 0 aliphatic rings. The zero-order valence-electron chi connectivity index (χ0n) is 10.7. The molecular formula is C12H16N4O2S2. The van der Waals surface area contributed by atoms with Crippen LogP contribution >= 0.6 is 11.8 Å². The summed E-state index contributed by atoms with van der Waals surface area (Å²) < 4.78 is 26.1. The smallest absolute Gasteiger partial charge is 0.212 e. The lowest BCUT2D eigenvalue weighted by molar-refractivity contribution is 0.583. The van der Waals surface area contributed by atoms with Gasteiger partial charge in [-0.25, -0.2) is 13.1 Å². The first-order valence-corrected chi connectivity index (χ1v) is 8.62. The van der Waals surface area contributed by atoms with E-state index in [4.69, 9.17) is 5.73 Å². The summed E-state index contributed by atoms with van der Waals surface area (Å²) in [7, 11) is -3.27. The molecule has 0 aliphatic heterocycles. The molecule has 0 saturated heterocycles. The number of nitrogens with two attached hydrogens (primary N) is 1. The largest absolute Gasteiger partial charge is 0.399 e. The van der Waals surface area contributed by atoms with Gasteiger partial charge in [0.15, 0.2) is 0 Å². The summed E-state index contributed by atoms with van der Waals surface area (Å²) >= 11 is 1.49. The molecule has 108 valence electrons. The maximum Gasteiger partial charge on any atom is 0.212 e. The van der Waals surface area contributed by atoms with Crippen LogP contribution in [0.15, 0.2) is 41.6 Å². The zero-order valence-corrected chi connectivity index (χ0v) is 12.4. The van der Waals surface area contributed by atoms with E-state index in [0.29, 0.717) is 11.4 Å². The van der Waals surface area contributed by atoms with E-state index < -0.39 is 10.0 Å². The Kier molecular flexibility index (Phi) is 5.05. The maximum atomic E-state index is 11.8. The van der Waals surface area contributed by atoms with Crippen molar-refractivity contribution in [1.29, 1.82) is 0 Å².